The van der Waals surface area contributed by atoms with Crippen LogP contribution in [0.1, 0.15) is 181 Å². The predicted molar refractivity (Wildman–Crippen MR) is 212 cm³/mol. The van der Waals surface area contributed by atoms with Gasteiger partial charge >= 0.3 is 11.9 Å². The van der Waals surface area contributed by atoms with Gasteiger partial charge in [0, 0.05) is 12.8 Å². The lowest BCUT2D eigenvalue weighted by molar-refractivity contribution is -0.870. The van der Waals surface area contributed by atoms with E-state index < -0.39 is 26.5 Å². The van der Waals surface area contributed by atoms with Crippen molar-refractivity contribution < 1.29 is 46.8 Å². The van der Waals surface area contributed by atoms with E-state index in [9.17, 15) is 19.0 Å². The number of nitrogens with zero attached hydrogens (tertiary/aromatic N) is 1. The van der Waals surface area contributed by atoms with Crippen LogP contribution in [0.25, 0.3) is 0 Å². The van der Waals surface area contributed by atoms with Crippen LogP contribution in [0, 0.1) is 0 Å². The first-order valence-corrected chi connectivity index (χ1v) is 23.0. The molecule has 0 aromatic heterocycles. The Kier molecular flexibility index (Phi) is 29.9. The van der Waals surface area contributed by atoms with Crippen LogP contribution in [0.4, 0.5) is 0 Å². The first kappa shape index (κ1) is 49.7. The minimum Gasteiger partial charge on any atom is -0.756 e. The lowest BCUT2D eigenvalue weighted by Gasteiger charge is -2.28. The first-order chi connectivity index (χ1) is 25.5. The van der Waals surface area contributed by atoms with Crippen molar-refractivity contribution in [3.05, 3.63) is 12.2 Å². The third-order valence-electron chi connectivity index (χ3n) is 9.71. The summed E-state index contributed by atoms with van der Waals surface area (Å²) in [6, 6.07) is 0. The van der Waals surface area contributed by atoms with Gasteiger partial charge in [0.05, 0.1) is 40.0 Å². The molecule has 10 nitrogen and oxygen atoms in total. The van der Waals surface area contributed by atoms with E-state index in [1.807, 2.05) is 21.1 Å². The van der Waals surface area contributed by atoms with Crippen molar-refractivity contribution in [2.24, 2.45) is 0 Å². The van der Waals surface area contributed by atoms with Crippen LogP contribution >= 0.6 is 7.82 Å². The second-order valence-corrected chi connectivity index (χ2v) is 17.5. The van der Waals surface area contributed by atoms with Gasteiger partial charge in [-0.15, -0.1) is 0 Å². The van der Waals surface area contributed by atoms with Crippen molar-refractivity contribution >= 4 is 19.8 Å². The molecular weight excluding hydrogens is 693 g/mol. The second-order valence-electron chi connectivity index (χ2n) is 16.1. The van der Waals surface area contributed by atoms with Gasteiger partial charge in [0.15, 0.2) is 6.10 Å². The average molecular weight is 774 g/mol. The number of unbranched alkanes of at least 4 members (excludes halogenated alkanes) is 19. The Morgan fingerprint density at radius 1 is 0.679 bits per heavy atom. The van der Waals surface area contributed by atoms with Gasteiger partial charge in [-0.1, -0.05) is 142 Å². The molecule has 1 aliphatic heterocycles. The molecule has 1 saturated heterocycles. The normalized spacial score (nSPS) is 17.5. The summed E-state index contributed by atoms with van der Waals surface area (Å²) in [5, 5.41) is 0. The number of hydrogen-bond donors (Lipinski definition) is 0. The van der Waals surface area contributed by atoms with Crippen molar-refractivity contribution in [1.29, 1.82) is 0 Å². The largest absolute Gasteiger partial charge is 0.756 e. The number of likely N-dealkylation sites (N-methyl/N-ethyl adjacent to an activating group) is 1. The molecule has 1 aliphatic rings. The molecule has 1 heterocycles. The molecule has 0 aromatic carbocycles. The molecule has 4 unspecified atom stereocenters. The number of allylic oxidation sites excluding steroid dienone is 1. The maximum Gasteiger partial charge on any atom is 0.306 e. The highest BCUT2D eigenvalue weighted by molar-refractivity contribution is 7.45. The Hall–Kier alpha value is -1.29. The lowest BCUT2D eigenvalue weighted by Crippen LogP contribution is -2.37. The van der Waals surface area contributed by atoms with E-state index in [1.54, 1.807) is 0 Å². The second kappa shape index (κ2) is 31.9. The van der Waals surface area contributed by atoms with Crippen LogP contribution in [0.2, 0.25) is 0 Å². The zero-order valence-corrected chi connectivity index (χ0v) is 35.6. The fraction of sp³-hybridized carbons (Fsp3) is 0.905. The van der Waals surface area contributed by atoms with Crippen LogP contribution in [0.15, 0.2) is 12.2 Å². The fourth-order valence-corrected chi connectivity index (χ4v) is 6.92. The van der Waals surface area contributed by atoms with E-state index in [0.29, 0.717) is 29.7 Å². The molecule has 0 aliphatic carbocycles. The molecular formula is C42H80NO9P. The number of epoxide rings is 1. The summed E-state index contributed by atoms with van der Waals surface area (Å²) in [6.07, 6.45) is 32.6. The monoisotopic (exact) mass is 774 g/mol. The number of carbonyl (C=O) groups excluding carboxylic acids is 2. The number of phosphoric acid groups is 1. The molecule has 53 heavy (non-hydrogen) atoms. The fourth-order valence-electron chi connectivity index (χ4n) is 6.19. The van der Waals surface area contributed by atoms with Crippen molar-refractivity contribution in [2.75, 3.05) is 47.5 Å². The van der Waals surface area contributed by atoms with Gasteiger partial charge in [-0.05, 0) is 38.5 Å². The number of esters is 2. The molecule has 0 radical (unpaired) electrons. The zero-order valence-electron chi connectivity index (χ0n) is 34.7. The van der Waals surface area contributed by atoms with Gasteiger partial charge in [0.2, 0.25) is 0 Å². The number of rotatable bonds is 38. The van der Waals surface area contributed by atoms with E-state index in [2.05, 4.69) is 26.0 Å². The van der Waals surface area contributed by atoms with Crippen LogP contribution in [0.5, 0.6) is 0 Å². The quantitative estimate of drug-likeness (QED) is 0.0151. The van der Waals surface area contributed by atoms with Crippen LogP contribution in [0.3, 0.4) is 0 Å². The summed E-state index contributed by atoms with van der Waals surface area (Å²) < 4.78 is 39.6. The van der Waals surface area contributed by atoms with Gasteiger partial charge in [-0.25, -0.2) is 0 Å². The van der Waals surface area contributed by atoms with Crippen molar-refractivity contribution in [1.82, 2.24) is 0 Å². The van der Waals surface area contributed by atoms with E-state index in [1.165, 1.54) is 89.9 Å². The first-order valence-electron chi connectivity index (χ1n) is 21.5. The van der Waals surface area contributed by atoms with Gasteiger partial charge in [-0.3, -0.25) is 14.2 Å². The average Bonchev–Trinajstić information content (AvgIpc) is 3.86. The lowest BCUT2D eigenvalue weighted by atomic mass is 10.0. The van der Waals surface area contributed by atoms with Crippen molar-refractivity contribution in [3.63, 3.8) is 0 Å². The van der Waals surface area contributed by atoms with E-state index in [4.69, 9.17) is 23.3 Å². The number of hydrogen-bond acceptors (Lipinski definition) is 9. The topological polar surface area (TPSA) is 124 Å². The number of carbonyl (C=O) groups is 2. The Morgan fingerprint density at radius 3 is 1.79 bits per heavy atom. The van der Waals surface area contributed by atoms with Gasteiger partial charge in [0.25, 0.3) is 7.82 Å². The van der Waals surface area contributed by atoms with E-state index >= 15 is 0 Å². The van der Waals surface area contributed by atoms with E-state index in [0.717, 1.165) is 57.8 Å². The highest BCUT2D eigenvalue weighted by Gasteiger charge is 2.36. The summed E-state index contributed by atoms with van der Waals surface area (Å²) >= 11 is 0. The standard InChI is InChI=1S/C42H80NO9P/c1-6-8-10-11-12-13-14-15-16-17-21-24-28-32-41(44)48-36-38(37-50-53(46,47)49-35-34-43(3,4)5)51-42(45)33-29-25-22-19-18-20-23-27-31-40-39(52-40)30-26-9-7-2/h23,27,38-40H,6-22,24-26,28-37H2,1-5H3/b27-23-. The highest BCUT2D eigenvalue weighted by Crippen LogP contribution is 2.38. The van der Waals surface area contributed by atoms with Crippen molar-refractivity contribution in [2.45, 2.75) is 199 Å². The Bertz CT molecular complexity index is 986. The SMILES string of the molecule is CCCCCCCCCCCCCCCC(=O)OCC(COP(=O)([O-])OCC[N+](C)(C)C)OC(=O)CCCCCCC/C=C\CC1OC1CCCCC. The third-order valence-corrected chi connectivity index (χ3v) is 10.7. The smallest absolute Gasteiger partial charge is 0.306 e. The molecule has 312 valence electrons. The van der Waals surface area contributed by atoms with Crippen LogP contribution < -0.4 is 4.89 Å². The van der Waals surface area contributed by atoms with Crippen LogP contribution in [-0.4, -0.2) is 82.2 Å². The molecule has 1 rings (SSSR count). The predicted octanol–water partition coefficient (Wildman–Crippen LogP) is 10.2. The summed E-state index contributed by atoms with van der Waals surface area (Å²) in [6.45, 7) is 4.18. The van der Waals surface area contributed by atoms with Crippen LogP contribution in [-0.2, 0) is 37.4 Å². The molecule has 0 N–H and O–H groups in total. The Balaban J connectivity index is 2.28. The maximum absolute atomic E-state index is 12.7. The number of ether oxygens (including phenoxy) is 3. The number of quaternary nitrogens is 1. The summed E-state index contributed by atoms with van der Waals surface area (Å²) in [7, 11) is 1.15. The van der Waals surface area contributed by atoms with Gasteiger partial charge in [-0.2, -0.15) is 0 Å². The molecule has 4 atom stereocenters. The van der Waals surface area contributed by atoms with Crippen molar-refractivity contribution in [3.8, 4) is 0 Å². The zero-order chi connectivity index (χ0) is 39.0. The maximum atomic E-state index is 12.7. The Morgan fingerprint density at radius 2 is 1.21 bits per heavy atom. The molecule has 1 fully saturated rings. The highest BCUT2D eigenvalue weighted by atomic mass is 31.2. The molecule has 0 amide bonds. The molecule has 0 bridgehead atoms. The summed E-state index contributed by atoms with van der Waals surface area (Å²) in [4.78, 5) is 37.5. The van der Waals surface area contributed by atoms with Gasteiger partial charge < -0.3 is 32.6 Å². The molecule has 0 aromatic rings. The third kappa shape index (κ3) is 32.6. The summed E-state index contributed by atoms with van der Waals surface area (Å²) in [5.41, 5.74) is 0. The molecule has 11 heteroatoms. The minimum absolute atomic E-state index is 0.0336. The molecule has 0 saturated carbocycles. The Labute approximate surface area is 324 Å². The molecule has 0 spiro atoms. The van der Waals surface area contributed by atoms with E-state index in [-0.39, 0.29) is 32.0 Å². The summed E-state index contributed by atoms with van der Waals surface area (Å²) in [5.74, 6) is -0.850. The number of phosphoric ester groups is 1. The van der Waals surface area contributed by atoms with Gasteiger partial charge in [0.1, 0.15) is 19.8 Å². The minimum atomic E-state index is -4.62.